The summed E-state index contributed by atoms with van der Waals surface area (Å²) in [7, 11) is 0. The molecule has 2 rings (SSSR count). The van der Waals surface area contributed by atoms with Gasteiger partial charge in [-0.05, 0) is 52.5 Å². The van der Waals surface area contributed by atoms with Crippen LogP contribution in [-0.4, -0.2) is 46.6 Å². The lowest BCUT2D eigenvalue weighted by Crippen LogP contribution is -2.54. The first-order chi connectivity index (χ1) is 14.1. The second-order valence-electron chi connectivity index (χ2n) is 8.50. The summed E-state index contributed by atoms with van der Waals surface area (Å²) in [5.74, 6) is -0.779. The Kier molecular flexibility index (Phi) is 8.03. The first-order valence-electron chi connectivity index (χ1n) is 10.3. The van der Waals surface area contributed by atoms with Crippen molar-refractivity contribution in [2.75, 3.05) is 0 Å². The van der Waals surface area contributed by atoms with E-state index in [1.807, 2.05) is 37.3 Å². The highest BCUT2D eigenvalue weighted by atomic mass is 16.6. The molecule has 30 heavy (non-hydrogen) atoms. The van der Waals surface area contributed by atoms with E-state index in [1.165, 1.54) is 4.90 Å². The summed E-state index contributed by atoms with van der Waals surface area (Å²) in [6.45, 7) is 11.0. The Morgan fingerprint density at radius 3 is 2.50 bits per heavy atom. The number of carbonyl (C=O) groups is 3. The van der Waals surface area contributed by atoms with Crippen molar-refractivity contribution in [1.29, 1.82) is 0 Å². The highest BCUT2D eigenvalue weighted by molar-refractivity contribution is 5.90. The largest absolute Gasteiger partial charge is 0.459 e. The van der Waals surface area contributed by atoms with Gasteiger partial charge in [-0.2, -0.15) is 0 Å². The minimum atomic E-state index is -0.859. The van der Waals surface area contributed by atoms with Crippen LogP contribution in [0.15, 0.2) is 43.0 Å². The summed E-state index contributed by atoms with van der Waals surface area (Å²) in [6.07, 6.45) is 2.31. The zero-order chi connectivity index (χ0) is 22.3. The van der Waals surface area contributed by atoms with E-state index in [0.717, 1.165) is 5.56 Å². The van der Waals surface area contributed by atoms with Crippen molar-refractivity contribution in [3.05, 3.63) is 48.6 Å². The van der Waals surface area contributed by atoms with Gasteiger partial charge in [0.1, 0.15) is 24.3 Å². The number of amides is 2. The number of nitrogens with one attached hydrogen (secondary N) is 1. The molecule has 1 fully saturated rings. The Bertz CT molecular complexity index is 757. The topological polar surface area (TPSA) is 84.9 Å². The first kappa shape index (κ1) is 23.4. The van der Waals surface area contributed by atoms with Gasteiger partial charge >= 0.3 is 12.1 Å². The summed E-state index contributed by atoms with van der Waals surface area (Å²) < 4.78 is 10.7. The van der Waals surface area contributed by atoms with Crippen LogP contribution in [0.4, 0.5) is 4.79 Å². The van der Waals surface area contributed by atoms with Crippen LogP contribution in [0.5, 0.6) is 0 Å². The van der Waals surface area contributed by atoms with Gasteiger partial charge in [0.25, 0.3) is 0 Å². The molecule has 3 atom stereocenters. The predicted molar refractivity (Wildman–Crippen MR) is 114 cm³/mol. The molecular formula is C23H32N2O5. The van der Waals surface area contributed by atoms with Crippen molar-refractivity contribution in [2.24, 2.45) is 0 Å². The van der Waals surface area contributed by atoms with Gasteiger partial charge in [-0.15, -0.1) is 6.58 Å². The van der Waals surface area contributed by atoms with Crippen LogP contribution in [0.1, 0.15) is 52.5 Å². The lowest BCUT2D eigenvalue weighted by molar-refractivity contribution is -0.156. The number of ether oxygens (including phenoxy) is 2. The Balaban J connectivity index is 2.07. The molecule has 1 N–H and O–H groups in total. The molecule has 2 amide bonds. The number of benzene rings is 1. The van der Waals surface area contributed by atoms with Gasteiger partial charge in [0.05, 0.1) is 0 Å². The predicted octanol–water partition coefficient (Wildman–Crippen LogP) is 3.58. The van der Waals surface area contributed by atoms with Crippen molar-refractivity contribution in [3.8, 4) is 0 Å². The number of hydrogen-bond donors (Lipinski definition) is 1. The minimum Gasteiger partial charge on any atom is -0.459 e. The van der Waals surface area contributed by atoms with Crippen LogP contribution in [0, 0.1) is 0 Å². The number of carbonyl (C=O) groups excluding carboxylic acids is 3. The minimum absolute atomic E-state index is 0.139. The number of rotatable bonds is 7. The van der Waals surface area contributed by atoms with E-state index in [1.54, 1.807) is 26.8 Å². The van der Waals surface area contributed by atoms with Crippen LogP contribution in [0.2, 0.25) is 0 Å². The van der Waals surface area contributed by atoms with E-state index >= 15 is 0 Å². The second-order valence-corrected chi connectivity index (χ2v) is 8.50. The number of nitrogens with zero attached hydrogens (tertiary/aromatic N) is 1. The number of esters is 1. The first-order valence-corrected chi connectivity index (χ1v) is 10.3. The molecule has 7 nitrogen and oxygen atoms in total. The van der Waals surface area contributed by atoms with Crippen molar-refractivity contribution < 1.29 is 23.9 Å². The Labute approximate surface area is 178 Å². The highest BCUT2D eigenvalue weighted by Gasteiger charge is 2.42. The van der Waals surface area contributed by atoms with E-state index in [4.69, 9.17) is 9.47 Å². The van der Waals surface area contributed by atoms with Gasteiger partial charge < -0.3 is 19.7 Å². The fourth-order valence-corrected chi connectivity index (χ4v) is 3.43. The van der Waals surface area contributed by atoms with E-state index in [2.05, 4.69) is 11.9 Å². The SMILES string of the molecule is C=CC[C@H](NC(=O)OC(C)(C)C)C(=O)N1[C@@H](C)CC[C@H]1C(=O)OCc1ccccc1. The van der Waals surface area contributed by atoms with Gasteiger partial charge in [0.15, 0.2) is 0 Å². The molecule has 164 valence electrons. The van der Waals surface area contributed by atoms with Gasteiger partial charge in [0.2, 0.25) is 5.91 Å². The Morgan fingerprint density at radius 1 is 1.23 bits per heavy atom. The van der Waals surface area contributed by atoms with Crippen LogP contribution in [0.25, 0.3) is 0 Å². The van der Waals surface area contributed by atoms with Crippen molar-refractivity contribution in [1.82, 2.24) is 10.2 Å². The Hall–Kier alpha value is -2.83. The van der Waals surface area contributed by atoms with Gasteiger partial charge in [-0.1, -0.05) is 36.4 Å². The third-order valence-electron chi connectivity index (χ3n) is 4.81. The van der Waals surface area contributed by atoms with Crippen molar-refractivity contribution in [2.45, 2.75) is 77.3 Å². The normalized spacial score (nSPS) is 19.7. The quantitative estimate of drug-likeness (QED) is 0.542. The number of hydrogen-bond acceptors (Lipinski definition) is 5. The van der Waals surface area contributed by atoms with Crippen molar-refractivity contribution in [3.63, 3.8) is 0 Å². The maximum absolute atomic E-state index is 13.2. The van der Waals surface area contributed by atoms with E-state index in [9.17, 15) is 14.4 Å². The number of likely N-dealkylation sites (tertiary alicyclic amines) is 1. The van der Waals surface area contributed by atoms with Crippen LogP contribution in [0.3, 0.4) is 0 Å². The zero-order valence-electron chi connectivity index (χ0n) is 18.2. The molecule has 0 saturated carbocycles. The van der Waals surface area contributed by atoms with E-state index < -0.39 is 29.7 Å². The molecule has 1 aromatic rings. The molecule has 0 unspecified atom stereocenters. The van der Waals surface area contributed by atoms with E-state index in [-0.39, 0.29) is 25.0 Å². The summed E-state index contributed by atoms with van der Waals surface area (Å²) in [5.41, 5.74) is 0.197. The van der Waals surface area contributed by atoms with Gasteiger partial charge in [0, 0.05) is 6.04 Å². The molecule has 7 heteroatoms. The standard InChI is InChI=1S/C23H32N2O5/c1-6-10-18(24-22(28)30-23(3,4)5)20(26)25-16(2)13-14-19(25)21(27)29-15-17-11-8-7-9-12-17/h6-9,11-12,16,18-19H,1,10,13-15H2,2-5H3,(H,24,28)/t16-,18-,19-/m0/s1. The third-order valence-corrected chi connectivity index (χ3v) is 4.81. The smallest absolute Gasteiger partial charge is 0.408 e. The summed E-state index contributed by atoms with van der Waals surface area (Å²) in [4.78, 5) is 39.7. The van der Waals surface area contributed by atoms with Crippen molar-refractivity contribution >= 4 is 18.0 Å². The maximum Gasteiger partial charge on any atom is 0.408 e. The molecule has 0 aliphatic carbocycles. The zero-order valence-corrected chi connectivity index (χ0v) is 18.2. The second kappa shape index (κ2) is 10.3. The molecule has 0 spiro atoms. The third kappa shape index (κ3) is 6.61. The highest BCUT2D eigenvalue weighted by Crippen LogP contribution is 2.26. The van der Waals surface area contributed by atoms with Crippen LogP contribution < -0.4 is 5.32 Å². The average Bonchev–Trinajstić information content (AvgIpc) is 3.06. The molecule has 0 bridgehead atoms. The molecule has 0 radical (unpaired) electrons. The average molecular weight is 417 g/mol. The van der Waals surface area contributed by atoms with E-state index in [0.29, 0.717) is 12.8 Å². The molecule has 1 aliphatic heterocycles. The summed E-state index contributed by atoms with van der Waals surface area (Å²) >= 11 is 0. The molecule has 1 aliphatic rings. The monoisotopic (exact) mass is 416 g/mol. The lowest BCUT2D eigenvalue weighted by atomic mass is 10.1. The Morgan fingerprint density at radius 2 is 1.90 bits per heavy atom. The van der Waals surface area contributed by atoms with Gasteiger partial charge in [-0.3, -0.25) is 4.79 Å². The molecule has 1 saturated heterocycles. The summed E-state index contributed by atoms with van der Waals surface area (Å²) in [5, 5.41) is 2.61. The molecule has 0 aromatic heterocycles. The van der Waals surface area contributed by atoms with Crippen LogP contribution in [-0.2, 0) is 25.7 Å². The molecule has 1 aromatic carbocycles. The molecule has 1 heterocycles. The fourth-order valence-electron chi connectivity index (χ4n) is 3.43. The lowest BCUT2D eigenvalue weighted by Gasteiger charge is -2.31. The number of alkyl carbamates (subject to hydrolysis) is 1. The molecular weight excluding hydrogens is 384 g/mol. The van der Waals surface area contributed by atoms with Gasteiger partial charge in [-0.25, -0.2) is 9.59 Å². The maximum atomic E-state index is 13.2. The fraction of sp³-hybridized carbons (Fsp3) is 0.522. The summed E-state index contributed by atoms with van der Waals surface area (Å²) in [6, 6.07) is 7.71. The van der Waals surface area contributed by atoms with Crippen LogP contribution >= 0.6 is 0 Å².